The van der Waals surface area contributed by atoms with Crippen LogP contribution in [0.15, 0.2) is 16.6 Å². The van der Waals surface area contributed by atoms with Gasteiger partial charge in [-0.2, -0.15) is 0 Å². The largest absolute Gasteiger partial charge is 0.486 e. The van der Waals surface area contributed by atoms with E-state index in [0.29, 0.717) is 30.3 Å². The average Bonchev–Trinajstić information content (AvgIpc) is 2.47. The fourth-order valence-electron chi connectivity index (χ4n) is 2.43. The molecule has 0 saturated carbocycles. The lowest BCUT2D eigenvalue weighted by atomic mass is 10.1. The van der Waals surface area contributed by atoms with Crippen LogP contribution in [0.25, 0.3) is 0 Å². The van der Waals surface area contributed by atoms with E-state index in [0.717, 1.165) is 30.7 Å². The lowest BCUT2D eigenvalue weighted by molar-refractivity contribution is 0.0663. The number of hydrogen-bond donors (Lipinski definition) is 0. The van der Waals surface area contributed by atoms with E-state index in [4.69, 9.17) is 9.47 Å². The zero-order chi connectivity index (χ0) is 14.1. The van der Waals surface area contributed by atoms with Gasteiger partial charge in [-0.05, 0) is 35.1 Å². The van der Waals surface area contributed by atoms with Gasteiger partial charge in [0, 0.05) is 31.7 Å². The van der Waals surface area contributed by atoms with Crippen molar-refractivity contribution in [3.05, 3.63) is 22.2 Å². The number of fused-ring (bicyclic) bond motifs is 1. The summed E-state index contributed by atoms with van der Waals surface area (Å²) >= 11 is 3.45. The molecule has 1 saturated heterocycles. The number of benzene rings is 1. The Hall–Kier alpha value is -1.27. The number of hydrogen-bond acceptors (Lipinski definition) is 4. The number of carbonyl (C=O) groups is 1. The van der Waals surface area contributed by atoms with Crippen LogP contribution in [0.3, 0.4) is 0 Å². The van der Waals surface area contributed by atoms with E-state index in [1.165, 1.54) is 0 Å². The second-order valence-electron chi connectivity index (χ2n) is 5.08. The molecule has 6 heteroatoms. The minimum Gasteiger partial charge on any atom is -0.486 e. The average molecular weight is 341 g/mol. The first-order valence-corrected chi connectivity index (χ1v) is 7.51. The van der Waals surface area contributed by atoms with Crippen molar-refractivity contribution < 1.29 is 14.3 Å². The fourth-order valence-corrected chi connectivity index (χ4v) is 2.98. The van der Waals surface area contributed by atoms with E-state index in [-0.39, 0.29) is 5.91 Å². The molecule has 2 aliphatic rings. The smallest absolute Gasteiger partial charge is 0.254 e. The summed E-state index contributed by atoms with van der Waals surface area (Å²) in [5.74, 6) is 1.38. The summed E-state index contributed by atoms with van der Waals surface area (Å²) < 4.78 is 11.9. The zero-order valence-electron chi connectivity index (χ0n) is 11.4. The predicted octanol–water partition coefficient (Wildman–Crippen LogP) is 1.61. The number of carbonyl (C=O) groups excluding carboxylic acids is 1. The Labute approximate surface area is 126 Å². The molecular weight excluding hydrogens is 324 g/mol. The van der Waals surface area contributed by atoms with Crippen LogP contribution in [-0.4, -0.2) is 62.1 Å². The zero-order valence-corrected chi connectivity index (χ0v) is 13.0. The normalized spacial score (nSPS) is 19.0. The van der Waals surface area contributed by atoms with Crippen molar-refractivity contribution >= 4 is 21.8 Å². The van der Waals surface area contributed by atoms with Gasteiger partial charge in [0.1, 0.15) is 13.2 Å². The first-order chi connectivity index (χ1) is 9.65. The number of amides is 1. The number of piperazine rings is 1. The summed E-state index contributed by atoms with van der Waals surface area (Å²) in [5.41, 5.74) is 0.644. The highest BCUT2D eigenvalue weighted by Gasteiger charge is 2.24. The Morgan fingerprint density at radius 3 is 2.60 bits per heavy atom. The third-order valence-corrected chi connectivity index (χ3v) is 4.22. The maximum Gasteiger partial charge on any atom is 0.254 e. The summed E-state index contributed by atoms with van der Waals surface area (Å²) in [4.78, 5) is 16.6. The van der Waals surface area contributed by atoms with Crippen LogP contribution in [0.2, 0.25) is 0 Å². The highest BCUT2D eigenvalue weighted by molar-refractivity contribution is 9.10. The molecule has 2 aliphatic heterocycles. The third kappa shape index (κ3) is 2.62. The van der Waals surface area contributed by atoms with Gasteiger partial charge in [-0.1, -0.05) is 0 Å². The van der Waals surface area contributed by atoms with Gasteiger partial charge in [0.25, 0.3) is 5.91 Å². The minimum atomic E-state index is 0.0516. The van der Waals surface area contributed by atoms with Gasteiger partial charge in [-0.25, -0.2) is 0 Å². The molecule has 0 unspecified atom stereocenters. The molecular formula is C14H17BrN2O3. The van der Waals surface area contributed by atoms with Crippen molar-refractivity contribution in [1.82, 2.24) is 9.80 Å². The van der Waals surface area contributed by atoms with Crippen LogP contribution >= 0.6 is 15.9 Å². The maximum absolute atomic E-state index is 12.5. The van der Waals surface area contributed by atoms with Crippen molar-refractivity contribution in [2.24, 2.45) is 0 Å². The number of nitrogens with zero attached hydrogens (tertiary/aromatic N) is 2. The molecule has 1 aromatic carbocycles. The van der Waals surface area contributed by atoms with Gasteiger partial charge in [0.05, 0.1) is 4.47 Å². The SMILES string of the molecule is CN1CCN(C(=O)c2cc(Br)c3c(c2)OCCO3)CC1. The molecule has 0 N–H and O–H groups in total. The monoisotopic (exact) mass is 340 g/mol. The lowest BCUT2D eigenvalue weighted by Gasteiger charge is -2.32. The highest BCUT2D eigenvalue weighted by Crippen LogP contribution is 2.38. The topological polar surface area (TPSA) is 42.0 Å². The molecule has 2 heterocycles. The van der Waals surface area contributed by atoms with Crippen molar-refractivity contribution in [2.75, 3.05) is 46.4 Å². The predicted molar refractivity (Wildman–Crippen MR) is 78.5 cm³/mol. The summed E-state index contributed by atoms with van der Waals surface area (Å²) in [6.45, 7) is 4.42. The fraction of sp³-hybridized carbons (Fsp3) is 0.500. The molecule has 1 amide bonds. The molecule has 0 atom stereocenters. The Balaban J connectivity index is 1.83. The van der Waals surface area contributed by atoms with Gasteiger partial charge in [0.2, 0.25) is 0 Å². The van der Waals surface area contributed by atoms with Gasteiger partial charge in [0.15, 0.2) is 11.5 Å². The molecule has 0 aromatic heterocycles. The van der Waals surface area contributed by atoms with E-state index in [2.05, 4.69) is 27.9 Å². The van der Waals surface area contributed by atoms with E-state index in [9.17, 15) is 4.79 Å². The summed E-state index contributed by atoms with van der Waals surface area (Å²) in [6, 6.07) is 3.59. The van der Waals surface area contributed by atoms with Crippen molar-refractivity contribution in [3.63, 3.8) is 0 Å². The molecule has 0 bridgehead atoms. The van der Waals surface area contributed by atoms with Gasteiger partial charge >= 0.3 is 0 Å². The van der Waals surface area contributed by atoms with E-state index < -0.39 is 0 Å². The van der Waals surface area contributed by atoms with Crippen LogP contribution in [0, 0.1) is 0 Å². The Bertz CT molecular complexity index is 527. The first-order valence-electron chi connectivity index (χ1n) is 6.72. The number of ether oxygens (including phenoxy) is 2. The second-order valence-corrected chi connectivity index (χ2v) is 5.93. The molecule has 1 fully saturated rings. The quantitative estimate of drug-likeness (QED) is 0.778. The van der Waals surface area contributed by atoms with Crippen LogP contribution in [0.5, 0.6) is 11.5 Å². The Morgan fingerprint density at radius 1 is 1.15 bits per heavy atom. The number of halogens is 1. The summed E-state index contributed by atoms with van der Waals surface area (Å²) in [5, 5.41) is 0. The van der Waals surface area contributed by atoms with Crippen molar-refractivity contribution in [3.8, 4) is 11.5 Å². The molecule has 1 aromatic rings. The second kappa shape index (κ2) is 5.61. The van der Waals surface area contributed by atoms with Crippen LogP contribution in [0.4, 0.5) is 0 Å². The molecule has 0 radical (unpaired) electrons. The third-order valence-electron chi connectivity index (χ3n) is 3.63. The number of likely N-dealkylation sites (N-methyl/N-ethyl adjacent to an activating group) is 1. The minimum absolute atomic E-state index is 0.0516. The molecule has 3 rings (SSSR count). The van der Waals surface area contributed by atoms with Crippen LogP contribution in [-0.2, 0) is 0 Å². The molecule has 0 spiro atoms. The Morgan fingerprint density at radius 2 is 1.85 bits per heavy atom. The van der Waals surface area contributed by atoms with E-state index >= 15 is 0 Å². The Kier molecular flexibility index (Phi) is 3.85. The molecule has 108 valence electrons. The van der Waals surface area contributed by atoms with Crippen molar-refractivity contribution in [2.45, 2.75) is 0 Å². The van der Waals surface area contributed by atoms with E-state index in [1.54, 1.807) is 6.07 Å². The molecule has 20 heavy (non-hydrogen) atoms. The lowest BCUT2D eigenvalue weighted by Crippen LogP contribution is -2.47. The van der Waals surface area contributed by atoms with E-state index in [1.807, 2.05) is 11.0 Å². The van der Waals surface area contributed by atoms with Gasteiger partial charge in [-0.15, -0.1) is 0 Å². The summed E-state index contributed by atoms with van der Waals surface area (Å²) in [6.07, 6.45) is 0. The summed E-state index contributed by atoms with van der Waals surface area (Å²) in [7, 11) is 2.07. The highest BCUT2D eigenvalue weighted by atomic mass is 79.9. The molecule has 5 nitrogen and oxygen atoms in total. The molecule has 0 aliphatic carbocycles. The van der Waals surface area contributed by atoms with Crippen molar-refractivity contribution in [1.29, 1.82) is 0 Å². The maximum atomic E-state index is 12.5. The number of rotatable bonds is 1. The van der Waals surface area contributed by atoms with Crippen LogP contribution < -0.4 is 9.47 Å². The van der Waals surface area contributed by atoms with Crippen LogP contribution in [0.1, 0.15) is 10.4 Å². The van der Waals surface area contributed by atoms with Gasteiger partial charge < -0.3 is 19.3 Å². The standard InChI is InChI=1S/C14H17BrN2O3/c1-16-2-4-17(5-3-16)14(18)10-8-11(15)13-12(9-10)19-6-7-20-13/h8-9H,2-7H2,1H3. The van der Waals surface area contributed by atoms with Gasteiger partial charge in [-0.3, -0.25) is 4.79 Å². The first kappa shape index (κ1) is 13.7.